The molecule has 4 atom stereocenters. The lowest BCUT2D eigenvalue weighted by atomic mass is 10.0. The summed E-state index contributed by atoms with van der Waals surface area (Å²) >= 11 is 9.99. The average molecular weight is 713 g/mol. The number of rotatable bonds is 7. The highest BCUT2D eigenvalue weighted by atomic mass is 79.9. The van der Waals surface area contributed by atoms with E-state index in [-0.39, 0.29) is 23.3 Å². The van der Waals surface area contributed by atoms with Crippen LogP contribution in [-0.2, 0) is 23.7 Å². The number of halogens is 3. The predicted molar refractivity (Wildman–Crippen MR) is 147 cm³/mol. The maximum atomic E-state index is 13.1. The van der Waals surface area contributed by atoms with Gasteiger partial charge in [0.2, 0.25) is 0 Å². The van der Waals surface area contributed by atoms with Crippen molar-refractivity contribution in [3.05, 3.63) is 103 Å². The van der Waals surface area contributed by atoms with Gasteiger partial charge in [0.15, 0.2) is 24.6 Å². The number of hydrogen-bond acceptors (Lipinski definition) is 8. The quantitative estimate of drug-likeness (QED) is 0.219. The first-order chi connectivity index (χ1) is 18.2. The molecule has 8 nitrogen and oxygen atoms in total. The van der Waals surface area contributed by atoms with Gasteiger partial charge in [-0.3, -0.25) is 0 Å². The van der Waals surface area contributed by atoms with Crippen molar-refractivity contribution in [1.29, 1.82) is 0 Å². The van der Waals surface area contributed by atoms with Gasteiger partial charge in [-0.2, -0.15) is 0 Å². The van der Waals surface area contributed by atoms with Crippen molar-refractivity contribution in [2.24, 2.45) is 0 Å². The van der Waals surface area contributed by atoms with Crippen LogP contribution < -0.4 is 0 Å². The first-order valence-corrected chi connectivity index (χ1v) is 13.7. The maximum absolute atomic E-state index is 13.1. The summed E-state index contributed by atoms with van der Waals surface area (Å²) in [7, 11) is 1.37. The molecule has 1 saturated heterocycles. The number of benzene rings is 3. The van der Waals surface area contributed by atoms with Gasteiger partial charge in [0, 0.05) is 20.5 Å². The van der Waals surface area contributed by atoms with Crippen LogP contribution in [0.15, 0.2) is 86.2 Å². The molecule has 0 aromatic heterocycles. The minimum absolute atomic E-state index is 0.161. The van der Waals surface area contributed by atoms with E-state index < -0.39 is 42.5 Å². The Balaban J connectivity index is 1.62. The van der Waals surface area contributed by atoms with Crippen LogP contribution in [0.25, 0.3) is 0 Å². The van der Waals surface area contributed by atoms with Crippen molar-refractivity contribution >= 4 is 65.7 Å². The number of carbonyl (C=O) groups excluding carboxylic acids is 3. The van der Waals surface area contributed by atoms with E-state index >= 15 is 0 Å². The summed E-state index contributed by atoms with van der Waals surface area (Å²) in [5, 5.41) is 0. The van der Waals surface area contributed by atoms with Crippen LogP contribution in [0.5, 0.6) is 0 Å². The molecule has 0 amide bonds. The number of carbonyl (C=O) groups is 3. The second-order valence-electron chi connectivity index (χ2n) is 8.14. The molecule has 4 rings (SSSR count). The molecule has 3 aromatic rings. The molecule has 11 heteroatoms. The molecule has 3 aromatic carbocycles. The van der Waals surface area contributed by atoms with Crippen LogP contribution in [0.2, 0.25) is 0 Å². The summed E-state index contributed by atoms with van der Waals surface area (Å²) in [4.78, 5) is 39.0. The second-order valence-corrected chi connectivity index (χ2v) is 10.9. The van der Waals surface area contributed by atoms with Crippen LogP contribution >= 0.6 is 47.8 Å². The van der Waals surface area contributed by atoms with Crippen molar-refractivity contribution < 1.29 is 38.1 Å². The molecule has 0 aliphatic carbocycles. The molecule has 1 aliphatic heterocycles. The molecule has 0 spiro atoms. The van der Waals surface area contributed by atoms with E-state index in [9.17, 15) is 14.4 Å². The summed E-state index contributed by atoms with van der Waals surface area (Å²) in [6.07, 6.45) is -4.66. The van der Waals surface area contributed by atoms with E-state index in [0.717, 1.165) is 13.4 Å². The SMILES string of the molecule is CO[C@H]1OC[C@H](OC(=O)c2ccc(Br)cc2)[C@H](OC(=O)c2ccc(Br)cc2)[C@H]1OC(=O)c1ccc(Br)cc1. The fraction of sp³-hybridized carbons (Fsp3) is 0.222. The first-order valence-electron chi connectivity index (χ1n) is 11.3. The third-order valence-corrected chi connectivity index (χ3v) is 7.19. The van der Waals surface area contributed by atoms with Gasteiger partial charge in [-0.15, -0.1) is 0 Å². The van der Waals surface area contributed by atoms with Gasteiger partial charge < -0.3 is 23.7 Å². The molecular weight excluding hydrogens is 692 g/mol. The van der Waals surface area contributed by atoms with Gasteiger partial charge in [-0.05, 0) is 72.8 Å². The van der Waals surface area contributed by atoms with Crippen LogP contribution in [0.1, 0.15) is 31.1 Å². The maximum Gasteiger partial charge on any atom is 0.338 e. The van der Waals surface area contributed by atoms with E-state index in [1.54, 1.807) is 72.8 Å². The second kappa shape index (κ2) is 13.0. The van der Waals surface area contributed by atoms with Crippen molar-refractivity contribution in [3.8, 4) is 0 Å². The smallest absolute Gasteiger partial charge is 0.338 e. The Morgan fingerprint density at radius 3 is 1.39 bits per heavy atom. The van der Waals surface area contributed by atoms with E-state index in [2.05, 4.69) is 47.8 Å². The fourth-order valence-electron chi connectivity index (χ4n) is 3.66. The first kappa shape index (κ1) is 28.4. The highest BCUT2D eigenvalue weighted by Crippen LogP contribution is 2.28. The predicted octanol–water partition coefficient (Wildman–Crippen LogP) is 5.95. The summed E-state index contributed by atoms with van der Waals surface area (Å²) in [6, 6.07) is 19.6. The van der Waals surface area contributed by atoms with Crippen LogP contribution in [0.3, 0.4) is 0 Å². The molecule has 198 valence electrons. The standard InChI is InChI=1S/C27H21Br3O8/c1-34-27-23(38-26(33)17-6-12-20(30)13-7-17)22(37-25(32)16-4-10-19(29)11-5-16)21(14-35-27)36-24(31)15-2-8-18(28)9-3-15/h2-13,21-23,27H,14H2,1H3/t21-,22-,23+,27-/m0/s1. The normalized spacial score (nSPS) is 20.8. The van der Waals surface area contributed by atoms with E-state index in [4.69, 9.17) is 23.7 Å². The molecule has 0 N–H and O–H groups in total. The van der Waals surface area contributed by atoms with Crippen molar-refractivity contribution in [1.82, 2.24) is 0 Å². The topological polar surface area (TPSA) is 97.4 Å². The number of esters is 3. The third-order valence-electron chi connectivity index (χ3n) is 5.60. The van der Waals surface area contributed by atoms with Crippen LogP contribution in [0.4, 0.5) is 0 Å². The third kappa shape index (κ3) is 7.09. The Morgan fingerprint density at radius 2 is 1.00 bits per heavy atom. The molecule has 1 aliphatic rings. The molecular formula is C27H21Br3O8. The van der Waals surface area contributed by atoms with E-state index in [1.165, 1.54) is 7.11 Å². The highest BCUT2D eigenvalue weighted by molar-refractivity contribution is 9.11. The summed E-state index contributed by atoms with van der Waals surface area (Å²) in [5.41, 5.74) is 0.795. The fourth-order valence-corrected chi connectivity index (χ4v) is 4.45. The molecule has 0 bridgehead atoms. The zero-order valence-electron chi connectivity index (χ0n) is 19.8. The largest absolute Gasteiger partial charge is 0.452 e. The van der Waals surface area contributed by atoms with Gasteiger partial charge in [-0.25, -0.2) is 14.4 Å². The van der Waals surface area contributed by atoms with Crippen molar-refractivity contribution in [3.63, 3.8) is 0 Å². The minimum Gasteiger partial charge on any atom is -0.452 e. The monoisotopic (exact) mass is 710 g/mol. The van der Waals surface area contributed by atoms with Crippen molar-refractivity contribution in [2.45, 2.75) is 24.6 Å². The lowest BCUT2D eigenvalue weighted by molar-refractivity contribution is -0.260. The molecule has 1 heterocycles. The van der Waals surface area contributed by atoms with Gasteiger partial charge in [0.1, 0.15) is 0 Å². The lowest BCUT2D eigenvalue weighted by Crippen LogP contribution is -2.58. The van der Waals surface area contributed by atoms with E-state index in [1.807, 2.05) is 0 Å². The summed E-state index contributed by atoms with van der Waals surface area (Å²) < 4.78 is 30.7. The number of hydrogen-bond donors (Lipinski definition) is 0. The minimum atomic E-state index is -1.24. The zero-order valence-corrected chi connectivity index (χ0v) is 24.6. The highest BCUT2D eigenvalue weighted by Gasteiger charge is 2.48. The molecule has 38 heavy (non-hydrogen) atoms. The average Bonchev–Trinajstić information content (AvgIpc) is 2.91. The Kier molecular flexibility index (Phi) is 9.72. The van der Waals surface area contributed by atoms with Gasteiger partial charge in [0.25, 0.3) is 0 Å². The summed E-state index contributed by atoms with van der Waals surface area (Å²) in [5.74, 6) is -2.06. The number of methoxy groups -OCH3 is 1. The molecule has 0 radical (unpaired) electrons. The van der Waals surface area contributed by atoms with Gasteiger partial charge in [0.05, 0.1) is 23.3 Å². The van der Waals surface area contributed by atoms with Gasteiger partial charge >= 0.3 is 17.9 Å². The number of ether oxygens (including phenoxy) is 5. The molecule has 0 saturated carbocycles. The molecule has 1 fully saturated rings. The van der Waals surface area contributed by atoms with Gasteiger partial charge in [-0.1, -0.05) is 47.8 Å². The zero-order chi connectivity index (χ0) is 27.2. The molecule has 0 unspecified atom stereocenters. The lowest BCUT2D eigenvalue weighted by Gasteiger charge is -2.40. The van der Waals surface area contributed by atoms with Crippen LogP contribution in [-0.4, -0.2) is 56.2 Å². The summed E-state index contributed by atoms with van der Waals surface area (Å²) in [6.45, 7) is -0.161. The Morgan fingerprint density at radius 1 is 0.632 bits per heavy atom. The van der Waals surface area contributed by atoms with Crippen molar-refractivity contribution in [2.75, 3.05) is 13.7 Å². The Labute approximate surface area is 243 Å². The van der Waals surface area contributed by atoms with E-state index in [0.29, 0.717) is 0 Å². The Bertz CT molecular complexity index is 1280. The van der Waals surface area contributed by atoms with Crippen LogP contribution in [0, 0.1) is 0 Å². The Hall–Kier alpha value is -2.57.